The summed E-state index contributed by atoms with van der Waals surface area (Å²) >= 11 is 1.25. The van der Waals surface area contributed by atoms with E-state index in [1.807, 2.05) is 29.7 Å². The van der Waals surface area contributed by atoms with Crippen molar-refractivity contribution in [3.63, 3.8) is 0 Å². The van der Waals surface area contributed by atoms with Crippen molar-refractivity contribution in [2.75, 3.05) is 13.2 Å². The first kappa shape index (κ1) is 18.4. The molecule has 0 atom stereocenters. The minimum absolute atomic E-state index is 0.165. The van der Waals surface area contributed by atoms with Gasteiger partial charge >= 0.3 is 0 Å². The molecule has 0 N–H and O–H groups in total. The van der Waals surface area contributed by atoms with Gasteiger partial charge in [-0.15, -0.1) is 0 Å². The normalized spacial score (nSPS) is 12.1. The Bertz CT molecular complexity index is 1230. The van der Waals surface area contributed by atoms with Gasteiger partial charge in [0.2, 0.25) is 0 Å². The summed E-state index contributed by atoms with van der Waals surface area (Å²) in [5.41, 5.74) is 2.32. The summed E-state index contributed by atoms with van der Waals surface area (Å²) in [5, 5.41) is 0. The van der Waals surface area contributed by atoms with E-state index in [0.717, 1.165) is 5.52 Å². The summed E-state index contributed by atoms with van der Waals surface area (Å²) in [6.07, 6.45) is 1.42. The molecule has 2 aromatic carbocycles. The summed E-state index contributed by atoms with van der Waals surface area (Å²) < 4.78 is 21.6. The second-order valence-corrected chi connectivity index (χ2v) is 7.02. The zero-order valence-electron chi connectivity index (χ0n) is 15.1. The lowest BCUT2D eigenvalue weighted by Gasteiger charge is -2.05. The smallest absolute Gasteiger partial charge is 0.299 e. The van der Waals surface area contributed by atoms with Crippen molar-refractivity contribution in [2.45, 2.75) is 13.5 Å². The van der Waals surface area contributed by atoms with Crippen LogP contribution in [0.15, 0.2) is 53.7 Å². The number of fused-ring (bicyclic) bond motifs is 2. The van der Waals surface area contributed by atoms with Crippen molar-refractivity contribution in [3.05, 3.63) is 65.0 Å². The highest BCUT2D eigenvalue weighted by molar-refractivity contribution is 7.16. The zero-order chi connectivity index (χ0) is 19.5. The molecular weight excluding hydrogens is 379 g/mol. The van der Waals surface area contributed by atoms with E-state index in [0.29, 0.717) is 40.3 Å². The van der Waals surface area contributed by atoms with Gasteiger partial charge in [-0.3, -0.25) is 9.78 Å². The fourth-order valence-electron chi connectivity index (χ4n) is 2.85. The Morgan fingerprint density at radius 2 is 2.07 bits per heavy atom. The Kier molecular flexibility index (Phi) is 5.23. The lowest BCUT2D eigenvalue weighted by atomic mass is 10.3. The number of benzene rings is 2. The second-order valence-electron chi connectivity index (χ2n) is 6.01. The molecule has 2 aromatic heterocycles. The third-order valence-electron chi connectivity index (χ3n) is 4.17. The minimum atomic E-state index is -0.490. The molecule has 0 saturated carbocycles. The van der Waals surface area contributed by atoms with E-state index in [1.54, 1.807) is 12.1 Å². The lowest BCUT2D eigenvalue weighted by Crippen LogP contribution is -2.20. The first-order chi connectivity index (χ1) is 13.7. The predicted molar refractivity (Wildman–Crippen MR) is 106 cm³/mol. The van der Waals surface area contributed by atoms with Crippen LogP contribution in [0.4, 0.5) is 4.39 Å². The molecule has 0 fully saturated rings. The number of rotatable bonds is 5. The van der Waals surface area contributed by atoms with E-state index < -0.39 is 5.91 Å². The molecule has 4 rings (SSSR count). The molecule has 28 heavy (non-hydrogen) atoms. The Labute approximate surface area is 164 Å². The molecule has 6 nitrogen and oxygen atoms in total. The van der Waals surface area contributed by atoms with Crippen LogP contribution in [-0.4, -0.2) is 33.7 Å². The van der Waals surface area contributed by atoms with Gasteiger partial charge in [-0.05, 0) is 37.3 Å². The summed E-state index contributed by atoms with van der Waals surface area (Å²) in [7, 11) is 0. The SMILES string of the molecule is CCOCCn1c(=NC(=O)c2cnc3ccccc3n2)sc2cc(F)ccc21. The van der Waals surface area contributed by atoms with Gasteiger partial charge in [0.1, 0.15) is 11.5 Å². The summed E-state index contributed by atoms with van der Waals surface area (Å²) in [6.45, 7) is 3.49. The molecule has 0 radical (unpaired) electrons. The van der Waals surface area contributed by atoms with Crippen LogP contribution in [0.5, 0.6) is 0 Å². The number of para-hydroxylation sites is 2. The topological polar surface area (TPSA) is 69.4 Å². The maximum atomic E-state index is 13.6. The minimum Gasteiger partial charge on any atom is -0.380 e. The first-order valence-corrected chi connectivity index (χ1v) is 9.65. The number of hydrogen-bond donors (Lipinski definition) is 0. The van der Waals surface area contributed by atoms with E-state index in [2.05, 4.69) is 15.0 Å². The molecule has 2 heterocycles. The van der Waals surface area contributed by atoms with Crippen LogP contribution >= 0.6 is 11.3 Å². The highest BCUT2D eigenvalue weighted by Gasteiger charge is 2.12. The highest BCUT2D eigenvalue weighted by atomic mass is 32.1. The number of ether oxygens (including phenoxy) is 1. The summed E-state index contributed by atoms with van der Waals surface area (Å²) in [6, 6.07) is 11.8. The van der Waals surface area contributed by atoms with Gasteiger partial charge in [-0.2, -0.15) is 4.99 Å². The highest BCUT2D eigenvalue weighted by Crippen LogP contribution is 2.19. The quantitative estimate of drug-likeness (QED) is 0.484. The third kappa shape index (κ3) is 3.69. The Hall–Kier alpha value is -2.97. The molecular formula is C20H17FN4O2S. The zero-order valence-corrected chi connectivity index (χ0v) is 15.9. The molecule has 0 unspecified atom stereocenters. The van der Waals surface area contributed by atoms with Gasteiger partial charge < -0.3 is 9.30 Å². The molecule has 0 bridgehead atoms. The van der Waals surface area contributed by atoms with Crippen LogP contribution in [-0.2, 0) is 11.3 Å². The van der Waals surface area contributed by atoms with E-state index in [9.17, 15) is 9.18 Å². The second kappa shape index (κ2) is 7.95. The van der Waals surface area contributed by atoms with E-state index >= 15 is 0 Å². The van der Waals surface area contributed by atoms with Crippen molar-refractivity contribution in [1.82, 2.24) is 14.5 Å². The number of carbonyl (C=O) groups excluding carboxylic acids is 1. The monoisotopic (exact) mass is 396 g/mol. The van der Waals surface area contributed by atoms with Crippen molar-refractivity contribution < 1.29 is 13.9 Å². The van der Waals surface area contributed by atoms with Crippen molar-refractivity contribution in [2.24, 2.45) is 4.99 Å². The van der Waals surface area contributed by atoms with Crippen molar-refractivity contribution >= 4 is 38.5 Å². The van der Waals surface area contributed by atoms with Crippen LogP contribution in [0.25, 0.3) is 21.3 Å². The lowest BCUT2D eigenvalue weighted by molar-refractivity contribution is 0.0992. The van der Waals surface area contributed by atoms with Crippen LogP contribution < -0.4 is 4.80 Å². The molecule has 0 aliphatic heterocycles. The number of aromatic nitrogens is 3. The van der Waals surface area contributed by atoms with E-state index in [4.69, 9.17) is 4.74 Å². The van der Waals surface area contributed by atoms with Gasteiger partial charge in [0.25, 0.3) is 5.91 Å². The first-order valence-electron chi connectivity index (χ1n) is 8.83. The molecule has 0 aliphatic carbocycles. The fraction of sp³-hybridized carbons (Fsp3) is 0.200. The number of hydrogen-bond acceptors (Lipinski definition) is 5. The Morgan fingerprint density at radius 3 is 2.89 bits per heavy atom. The predicted octanol–water partition coefficient (Wildman–Crippen LogP) is 3.56. The number of carbonyl (C=O) groups is 1. The molecule has 0 spiro atoms. The standard InChI is InChI=1S/C20H17FN4O2S/c1-2-27-10-9-25-17-8-7-13(21)11-18(17)28-20(25)24-19(26)16-12-22-14-5-3-4-6-15(14)23-16/h3-8,11-12H,2,9-10H2,1H3. The largest absolute Gasteiger partial charge is 0.380 e. The van der Waals surface area contributed by atoms with Crippen molar-refractivity contribution in [1.29, 1.82) is 0 Å². The molecule has 0 aliphatic rings. The van der Waals surface area contributed by atoms with E-state index in [-0.39, 0.29) is 11.5 Å². The van der Waals surface area contributed by atoms with Crippen LogP contribution in [0.2, 0.25) is 0 Å². The van der Waals surface area contributed by atoms with Crippen LogP contribution in [0.1, 0.15) is 17.4 Å². The molecule has 1 amide bonds. The molecule has 4 aromatic rings. The Morgan fingerprint density at radius 1 is 1.25 bits per heavy atom. The fourth-order valence-corrected chi connectivity index (χ4v) is 3.93. The average molecular weight is 396 g/mol. The van der Waals surface area contributed by atoms with Gasteiger partial charge in [0.05, 0.1) is 34.1 Å². The van der Waals surface area contributed by atoms with Crippen LogP contribution in [0, 0.1) is 5.82 Å². The number of thiazole rings is 1. The maximum absolute atomic E-state index is 13.6. The average Bonchev–Trinajstić information content (AvgIpc) is 3.04. The molecule has 142 valence electrons. The van der Waals surface area contributed by atoms with Crippen LogP contribution in [0.3, 0.4) is 0 Å². The molecule has 0 saturated heterocycles. The maximum Gasteiger partial charge on any atom is 0.299 e. The summed E-state index contributed by atoms with van der Waals surface area (Å²) in [5.74, 6) is -0.820. The van der Waals surface area contributed by atoms with Gasteiger partial charge in [0, 0.05) is 13.2 Å². The Balaban J connectivity index is 1.77. The van der Waals surface area contributed by atoms with E-state index in [1.165, 1.54) is 29.7 Å². The number of nitrogens with zero attached hydrogens (tertiary/aromatic N) is 4. The van der Waals surface area contributed by atoms with Gasteiger partial charge in [0.15, 0.2) is 4.80 Å². The molecule has 8 heteroatoms. The van der Waals surface area contributed by atoms with Gasteiger partial charge in [-0.1, -0.05) is 23.5 Å². The third-order valence-corrected chi connectivity index (χ3v) is 5.21. The van der Waals surface area contributed by atoms with Crippen molar-refractivity contribution in [3.8, 4) is 0 Å². The summed E-state index contributed by atoms with van der Waals surface area (Å²) in [4.78, 5) is 26.0. The van der Waals surface area contributed by atoms with Gasteiger partial charge in [-0.25, -0.2) is 9.37 Å². The number of halogens is 1. The number of amides is 1.